The first kappa shape index (κ1) is 9.65. The zero-order chi connectivity index (χ0) is 10.1. The van der Waals surface area contributed by atoms with Crippen LogP contribution in [0.25, 0.3) is 0 Å². The molecule has 0 radical (unpaired) electrons. The predicted molar refractivity (Wildman–Crippen MR) is 57.2 cm³/mol. The number of aryl methyl sites for hydroxylation is 1. The van der Waals surface area contributed by atoms with Crippen LogP contribution in [0.1, 0.15) is 28.9 Å². The van der Waals surface area contributed by atoms with E-state index in [0.29, 0.717) is 11.7 Å². The minimum atomic E-state index is -0.0839. The van der Waals surface area contributed by atoms with E-state index in [-0.39, 0.29) is 5.91 Å². The van der Waals surface area contributed by atoms with Gasteiger partial charge in [-0.05, 0) is 47.3 Å². The molecule has 2 rings (SSSR count). The maximum absolute atomic E-state index is 11.6. The molecular weight excluding hydrogens is 244 g/mol. The van der Waals surface area contributed by atoms with E-state index in [9.17, 15) is 4.79 Å². The molecule has 1 N–H and O–H groups in total. The van der Waals surface area contributed by atoms with Gasteiger partial charge in [-0.2, -0.15) is 0 Å². The Morgan fingerprint density at radius 2 is 2.36 bits per heavy atom. The van der Waals surface area contributed by atoms with Crippen LogP contribution >= 0.6 is 15.9 Å². The van der Waals surface area contributed by atoms with Crippen LogP contribution in [0, 0.1) is 6.92 Å². The third-order valence-electron chi connectivity index (χ3n) is 2.11. The topological polar surface area (TPSA) is 42.0 Å². The average molecular weight is 255 g/mol. The molecule has 1 aromatic heterocycles. The summed E-state index contributed by atoms with van der Waals surface area (Å²) in [5.41, 5.74) is 1.52. The van der Waals surface area contributed by atoms with Crippen molar-refractivity contribution in [2.24, 2.45) is 0 Å². The van der Waals surface area contributed by atoms with Gasteiger partial charge >= 0.3 is 0 Å². The van der Waals surface area contributed by atoms with Gasteiger partial charge in [0.15, 0.2) is 0 Å². The molecule has 1 aliphatic rings. The van der Waals surface area contributed by atoms with E-state index >= 15 is 0 Å². The van der Waals surface area contributed by atoms with Crippen molar-refractivity contribution in [3.63, 3.8) is 0 Å². The molecule has 0 aliphatic heterocycles. The summed E-state index contributed by atoms with van der Waals surface area (Å²) in [6.45, 7) is 1.94. The number of carbonyl (C=O) groups excluding carboxylic acids is 1. The van der Waals surface area contributed by atoms with Crippen LogP contribution in [0.15, 0.2) is 16.7 Å². The van der Waals surface area contributed by atoms with Crippen LogP contribution in [-0.2, 0) is 0 Å². The zero-order valence-corrected chi connectivity index (χ0v) is 9.47. The summed E-state index contributed by atoms with van der Waals surface area (Å²) in [4.78, 5) is 15.7. The molecule has 1 fully saturated rings. The molecule has 1 aliphatic carbocycles. The molecule has 1 saturated carbocycles. The highest BCUT2D eigenvalue weighted by Gasteiger charge is 2.25. The molecule has 1 aromatic rings. The minimum Gasteiger partial charge on any atom is -0.348 e. The van der Waals surface area contributed by atoms with Gasteiger partial charge in [-0.3, -0.25) is 4.79 Å². The van der Waals surface area contributed by atoms with Gasteiger partial charge < -0.3 is 5.32 Å². The number of nitrogens with one attached hydrogen (secondary N) is 1. The molecule has 74 valence electrons. The summed E-state index contributed by atoms with van der Waals surface area (Å²) in [5, 5.41) is 2.90. The van der Waals surface area contributed by atoms with Crippen molar-refractivity contribution in [1.29, 1.82) is 0 Å². The molecular formula is C10H11BrN2O. The largest absolute Gasteiger partial charge is 0.348 e. The van der Waals surface area contributed by atoms with Crippen LogP contribution in [0.4, 0.5) is 0 Å². The Morgan fingerprint density at radius 3 is 2.93 bits per heavy atom. The number of nitrogens with zero attached hydrogens (tertiary/aromatic N) is 1. The van der Waals surface area contributed by atoms with Crippen molar-refractivity contribution >= 4 is 21.8 Å². The second-order valence-electron chi connectivity index (χ2n) is 3.59. The number of amides is 1. The third kappa shape index (κ3) is 2.12. The first-order valence-corrected chi connectivity index (χ1v) is 5.39. The first-order valence-electron chi connectivity index (χ1n) is 4.60. The lowest BCUT2D eigenvalue weighted by molar-refractivity contribution is 0.0945. The van der Waals surface area contributed by atoms with Gasteiger partial charge in [0.1, 0.15) is 5.69 Å². The van der Waals surface area contributed by atoms with Crippen LogP contribution < -0.4 is 5.32 Å². The Kier molecular flexibility index (Phi) is 2.54. The summed E-state index contributed by atoms with van der Waals surface area (Å²) in [6.07, 6.45) is 3.89. The highest BCUT2D eigenvalue weighted by atomic mass is 79.9. The van der Waals surface area contributed by atoms with Gasteiger partial charge in [0, 0.05) is 16.7 Å². The Balaban J connectivity index is 2.17. The summed E-state index contributed by atoms with van der Waals surface area (Å²) in [5.74, 6) is -0.0839. The van der Waals surface area contributed by atoms with Crippen LogP contribution in [-0.4, -0.2) is 16.9 Å². The average Bonchev–Trinajstić information content (AvgIpc) is 2.87. The van der Waals surface area contributed by atoms with Gasteiger partial charge in [-0.25, -0.2) is 4.98 Å². The minimum absolute atomic E-state index is 0.0839. The quantitative estimate of drug-likeness (QED) is 0.878. The standard InChI is InChI=1S/C10H11BrN2O/c1-6-4-8(11)9(12-5-6)10(14)13-7-2-3-7/h4-5,7H,2-3H2,1H3,(H,13,14). The number of aromatic nitrogens is 1. The van der Waals surface area contributed by atoms with Crippen LogP contribution in [0.5, 0.6) is 0 Å². The lowest BCUT2D eigenvalue weighted by Gasteiger charge is -2.04. The summed E-state index contributed by atoms with van der Waals surface area (Å²) < 4.78 is 0.760. The molecule has 1 heterocycles. The number of pyridine rings is 1. The molecule has 0 spiro atoms. The van der Waals surface area contributed by atoms with Crippen molar-refractivity contribution in [3.05, 3.63) is 28.0 Å². The fourth-order valence-corrected chi connectivity index (χ4v) is 1.83. The van der Waals surface area contributed by atoms with E-state index < -0.39 is 0 Å². The van der Waals surface area contributed by atoms with Gasteiger partial charge in [-0.1, -0.05) is 0 Å². The van der Waals surface area contributed by atoms with Gasteiger partial charge in [0.2, 0.25) is 0 Å². The molecule has 4 heteroatoms. The SMILES string of the molecule is Cc1cnc(C(=O)NC2CC2)c(Br)c1. The summed E-state index contributed by atoms with van der Waals surface area (Å²) in [6, 6.07) is 2.27. The van der Waals surface area contributed by atoms with Gasteiger partial charge in [0.05, 0.1) is 0 Å². The van der Waals surface area contributed by atoms with Crippen molar-refractivity contribution in [1.82, 2.24) is 10.3 Å². The summed E-state index contributed by atoms with van der Waals surface area (Å²) >= 11 is 3.33. The molecule has 1 amide bonds. The molecule has 0 unspecified atom stereocenters. The highest BCUT2D eigenvalue weighted by molar-refractivity contribution is 9.10. The number of hydrogen-bond acceptors (Lipinski definition) is 2. The first-order chi connectivity index (χ1) is 6.66. The van der Waals surface area contributed by atoms with Crippen LogP contribution in [0.3, 0.4) is 0 Å². The van der Waals surface area contributed by atoms with E-state index in [1.165, 1.54) is 0 Å². The molecule has 14 heavy (non-hydrogen) atoms. The number of hydrogen-bond donors (Lipinski definition) is 1. The van der Waals surface area contributed by atoms with Crippen molar-refractivity contribution in [2.45, 2.75) is 25.8 Å². The smallest absolute Gasteiger partial charge is 0.271 e. The van der Waals surface area contributed by atoms with E-state index in [4.69, 9.17) is 0 Å². The molecule has 0 aromatic carbocycles. The maximum atomic E-state index is 11.6. The Labute approximate surface area is 91.0 Å². The number of rotatable bonds is 2. The van der Waals surface area contributed by atoms with Crippen molar-refractivity contribution in [3.8, 4) is 0 Å². The van der Waals surface area contributed by atoms with E-state index in [1.54, 1.807) is 6.20 Å². The van der Waals surface area contributed by atoms with Crippen LogP contribution in [0.2, 0.25) is 0 Å². The number of carbonyl (C=O) groups is 1. The van der Waals surface area contributed by atoms with Crippen molar-refractivity contribution in [2.75, 3.05) is 0 Å². The Hall–Kier alpha value is -0.900. The molecule has 3 nitrogen and oxygen atoms in total. The number of halogens is 1. The second-order valence-corrected chi connectivity index (χ2v) is 4.45. The third-order valence-corrected chi connectivity index (χ3v) is 2.71. The zero-order valence-electron chi connectivity index (χ0n) is 7.88. The van der Waals surface area contributed by atoms with Gasteiger partial charge in [-0.15, -0.1) is 0 Å². The van der Waals surface area contributed by atoms with Gasteiger partial charge in [0.25, 0.3) is 5.91 Å². The molecule has 0 bridgehead atoms. The fourth-order valence-electron chi connectivity index (χ4n) is 1.18. The summed E-state index contributed by atoms with van der Waals surface area (Å²) in [7, 11) is 0. The van der Waals surface area contributed by atoms with E-state index in [0.717, 1.165) is 22.9 Å². The maximum Gasteiger partial charge on any atom is 0.271 e. The van der Waals surface area contributed by atoms with Crippen molar-refractivity contribution < 1.29 is 4.79 Å². The predicted octanol–water partition coefficient (Wildman–Crippen LogP) is 2.04. The Morgan fingerprint density at radius 1 is 1.64 bits per heavy atom. The molecule has 0 atom stereocenters. The van der Waals surface area contributed by atoms with E-state index in [2.05, 4.69) is 26.2 Å². The lowest BCUT2D eigenvalue weighted by atomic mass is 10.2. The van der Waals surface area contributed by atoms with E-state index in [1.807, 2.05) is 13.0 Å². The monoisotopic (exact) mass is 254 g/mol. The second kappa shape index (κ2) is 3.69. The fraction of sp³-hybridized carbons (Fsp3) is 0.400. The Bertz CT molecular complexity index is 374. The highest BCUT2D eigenvalue weighted by Crippen LogP contribution is 2.21. The normalized spacial score (nSPS) is 15.3. The lowest BCUT2D eigenvalue weighted by Crippen LogP contribution is -2.26. The molecule has 0 saturated heterocycles.